The van der Waals surface area contributed by atoms with E-state index in [4.69, 9.17) is 0 Å². The van der Waals surface area contributed by atoms with Crippen LogP contribution >= 0.6 is 11.3 Å². The number of carbonyl (C=O) groups is 1. The van der Waals surface area contributed by atoms with Crippen LogP contribution in [0.3, 0.4) is 0 Å². The van der Waals surface area contributed by atoms with Gasteiger partial charge in [-0.15, -0.1) is 0 Å². The molecule has 0 bridgehead atoms. The van der Waals surface area contributed by atoms with Crippen molar-refractivity contribution in [2.75, 3.05) is 14.1 Å². The number of carbonyl (C=O) groups excluding carboxylic acids is 1. The Bertz CT molecular complexity index is 620. The molecule has 0 atom stereocenters. The van der Waals surface area contributed by atoms with Gasteiger partial charge in [-0.05, 0) is 40.1 Å². The minimum Gasteiger partial charge on any atom is -0.355 e. The van der Waals surface area contributed by atoms with Crippen molar-refractivity contribution >= 4 is 23.2 Å². The van der Waals surface area contributed by atoms with E-state index in [1.807, 2.05) is 24.3 Å². The van der Waals surface area contributed by atoms with Gasteiger partial charge in [0.25, 0.3) is 5.91 Å². The van der Waals surface area contributed by atoms with Crippen LogP contribution in [0.2, 0.25) is 0 Å². The average molecular weight is 316 g/mol. The molecule has 6 heteroatoms. The SMILES string of the molecule is CN=C(NCc1ccc(C(=O)NC)cc1)NCc1ccsc1. The van der Waals surface area contributed by atoms with Crippen molar-refractivity contribution in [2.24, 2.45) is 4.99 Å². The average Bonchev–Trinajstić information content (AvgIpc) is 3.08. The molecule has 1 aromatic heterocycles. The first-order valence-corrected chi connectivity index (χ1v) is 7.94. The number of hydrogen-bond acceptors (Lipinski definition) is 3. The van der Waals surface area contributed by atoms with E-state index < -0.39 is 0 Å². The van der Waals surface area contributed by atoms with Crippen molar-refractivity contribution < 1.29 is 4.79 Å². The molecule has 116 valence electrons. The molecule has 0 saturated heterocycles. The summed E-state index contributed by atoms with van der Waals surface area (Å²) < 4.78 is 0. The Balaban J connectivity index is 1.84. The molecule has 0 radical (unpaired) electrons. The lowest BCUT2D eigenvalue weighted by atomic mass is 10.1. The summed E-state index contributed by atoms with van der Waals surface area (Å²) in [6.07, 6.45) is 0. The van der Waals surface area contributed by atoms with Crippen LogP contribution in [0, 0.1) is 0 Å². The summed E-state index contributed by atoms with van der Waals surface area (Å²) in [5.41, 5.74) is 2.99. The van der Waals surface area contributed by atoms with Crippen molar-refractivity contribution in [3.8, 4) is 0 Å². The van der Waals surface area contributed by atoms with Crippen LogP contribution in [0.4, 0.5) is 0 Å². The summed E-state index contributed by atoms with van der Waals surface area (Å²) >= 11 is 1.68. The molecular weight excluding hydrogens is 296 g/mol. The molecule has 0 aliphatic heterocycles. The molecule has 0 unspecified atom stereocenters. The number of rotatable bonds is 5. The van der Waals surface area contributed by atoms with E-state index in [0.29, 0.717) is 12.1 Å². The van der Waals surface area contributed by atoms with E-state index >= 15 is 0 Å². The minimum atomic E-state index is -0.0762. The van der Waals surface area contributed by atoms with Crippen LogP contribution in [0.15, 0.2) is 46.1 Å². The Morgan fingerprint density at radius 3 is 2.32 bits per heavy atom. The summed E-state index contributed by atoms with van der Waals surface area (Å²) in [4.78, 5) is 15.7. The zero-order valence-electron chi connectivity index (χ0n) is 12.7. The lowest BCUT2D eigenvalue weighted by Crippen LogP contribution is -2.36. The molecule has 0 aliphatic rings. The first-order chi connectivity index (χ1) is 10.7. The van der Waals surface area contributed by atoms with E-state index in [1.165, 1.54) is 5.56 Å². The fraction of sp³-hybridized carbons (Fsp3) is 0.250. The molecule has 22 heavy (non-hydrogen) atoms. The Kier molecular flexibility index (Phi) is 5.97. The fourth-order valence-corrected chi connectivity index (χ4v) is 2.57. The van der Waals surface area contributed by atoms with Gasteiger partial charge in [0, 0.05) is 32.7 Å². The number of thiophene rings is 1. The largest absolute Gasteiger partial charge is 0.355 e. The van der Waals surface area contributed by atoms with E-state index in [-0.39, 0.29) is 5.91 Å². The third-order valence-corrected chi connectivity index (χ3v) is 3.90. The van der Waals surface area contributed by atoms with Gasteiger partial charge in [0.05, 0.1) is 0 Å². The van der Waals surface area contributed by atoms with Gasteiger partial charge in [-0.3, -0.25) is 9.79 Å². The summed E-state index contributed by atoms with van der Waals surface area (Å²) in [5, 5.41) is 13.3. The van der Waals surface area contributed by atoms with Gasteiger partial charge in [0.1, 0.15) is 0 Å². The number of amides is 1. The molecule has 0 saturated carbocycles. The van der Waals surface area contributed by atoms with E-state index in [9.17, 15) is 4.79 Å². The zero-order chi connectivity index (χ0) is 15.8. The zero-order valence-corrected chi connectivity index (χ0v) is 13.5. The summed E-state index contributed by atoms with van der Waals surface area (Å²) in [6.45, 7) is 1.40. The van der Waals surface area contributed by atoms with Crippen molar-refractivity contribution in [2.45, 2.75) is 13.1 Å². The second-order valence-corrected chi connectivity index (χ2v) is 5.47. The maximum absolute atomic E-state index is 11.5. The molecule has 2 rings (SSSR count). The highest BCUT2D eigenvalue weighted by Gasteiger charge is 2.03. The molecular formula is C16H20N4OS. The highest BCUT2D eigenvalue weighted by atomic mass is 32.1. The van der Waals surface area contributed by atoms with Crippen molar-refractivity contribution in [3.63, 3.8) is 0 Å². The van der Waals surface area contributed by atoms with Crippen LogP contribution in [0.25, 0.3) is 0 Å². The third-order valence-electron chi connectivity index (χ3n) is 3.17. The van der Waals surface area contributed by atoms with Gasteiger partial charge in [0.15, 0.2) is 5.96 Å². The molecule has 0 spiro atoms. The number of guanidine groups is 1. The molecule has 1 aromatic carbocycles. The Labute approximate surface area is 134 Å². The number of nitrogens with zero attached hydrogens (tertiary/aromatic N) is 1. The van der Waals surface area contributed by atoms with Gasteiger partial charge >= 0.3 is 0 Å². The van der Waals surface area contributed by atoms with Crippen LogP contribution in [-0.2, 0) is 13.1 Å². The fourth-order valence-electron chi connectivity index (χ4n) is 1.90. The number of nitrogens with one attached hydrogen (secondary N) is 3. The second kappa shape index (κ2) is 8.19. The predicted octanol–water partition coefficient (Wildman–Crippen LogP) is 1.97. The summed E-state index contributed by atoms with van der Waals surface area (Å²) in [7, 11) is 3.37. The van der Waals surface area contributed by atoms with Gasteiger partial charge in [-0.2, -0.15) is 11.3 Å². The molecule has 1 heterocycles. The van der Waals surface area contributed by atoms with Crippen LogP contribution < -0.4 is 16.0 Å². The topological polar surface area (TPSA) is 65.5 Å². The first-order valence-electron chi connectivity index (χ1n) is 6.99. The van der Waals surface area contributed by atoms with Gasteiger partial charge < -0.3 is 16.0 Å². The van der Waals surface area contributed by atoms with Gasteiger partial charge in [0.2, 0.25) is 0 Å². The van der Waals surface area contributed by atoms with Gasteiger partial charge in [-0.25, -0.2) is 0 Å². The first kappa shape index (κ1) is 16.0. The number of aliphatic imine (C=N–C) groups is 1. The van der Waals surface area contributed by atoms with Crippen LogP contribution in [0.5, 0.6) is 0 Å². The lowest BCUT2D eigenvalue weighted by Gasteiger charge is -2.11. The van der Waals surface area contributed by atoms with Crippen molar-refractivity contribution in [1.82, 2.24) is 16.0 Å². The third kappa shape index (κ3) is 4.60. The predicted molar refractivity (Wildman–Crippen MR) is 91.2 cm³/mol. The highest BCUT2D eigenvalue weighted by Crippen LogP contribution is 2.05. The molecule has 3 N–H and O–H groups in total. The quantitative estimate of drug-likeness (QED) is 0.584. The maximum Gasteiger partial charge on any atom is 0.251 e. The highest BCUT2D eigenvalue weighted by molar-refractivity contribution is 7.07. The summed E-state index contributed by atoms with van der Waals surface area (Å²) in [6, 6.07) is 9.59. The monoisotopic (exact) mass is 316 g/mol. The molecule has 0 aliphatic carbocycles. The second-order valence-electron chi connectivity index (χ2n) is 4.69. The van der Waals surface area contributed by atoms with Crippen molar-refractivity contribution in [1.29, 1.82) is 0 Å². The van der Waals surface area contributed by atoms with Crippen LogP contribution in [0.1, 0.15) is 21.5 Å². The Morgan fingerprint density at radius 2 is 1.77 bits per heavy atom. The van der Waals surface area contributed by atoms with E-state index in [0.717, 1.165) is 18.1 Å². The number of hydrogen-bond donors (Lipinski definition) is 3. The molecule has 0 fully saturated rings. The van der Waals surface area contributed by atoms with E-state index in [1.54, 1.807) is 25.4 Å². The van der Waals surface area contributed by atoms with E-state index in [2.05, 4.69) is 37.8 Å². The maximum atomic E-state index is 11.5. The molecule has 2 aromatic rings. The minimum absolute atomic E-state index is 0.0762. The Hall–Kier alpha value is -2.34. The Morgan fingerprint density at radius 1 is 1.09 bits per heavy atom. The molecule has 5 nitrogen and oxygen atoms in total. The molecule has 1 amide bonds. The van der Waals surface area contributed by atoms with Gasteiger partial charge in [-0.1, -0.05) is 12.1 Å². The standard InChI is InChI=1S/C16H20N4OS/c1-17-15(21)14-5-3-12(4-6-14)9-19-16(18-2)20-10-13-7-8-22-11-13/h3-8,11H,9-10H2,1-2H3,(H,17,21)(H2,18,19,20). The lowest BCUT2D eigenvalue weighted by molar-refractivity contribution is 0.0963. The summed E-state index contributed by atoms with van der Waals surface area (Å²) in [5.74, 6) is 0.675. The number of benzene rings is 1. The van der Waals surface area contributed by atoms with Crippen LogP contribution in [-0.4, -0.2) is 26.0 Å². The normalized spacial score (nSPS) is 11.1. The smallest absolute Gasteiger partial charge is 0.251 e. The van der Waals surface area contributed by atoms with Crippen molar-refractivity contribution in [3.05, 3.63) is 57.8 Å².